The largest absolute Gasteiger partial charge is 0.373 e. The second-order valence-electron chi connectivity index (χ2n) is 6.66. The topological polar surface area (TPSA) is 24.5 Å². The van der Waals surface area contributed by atoms with Crippen LogP contribution in [0.2, 0.25) is 0 Å². The second-order valence-corrected chi connectivity index (χ2v) is 6.66. The number of hydrogen-bond acceptors (Lipinski definition) is 3. The molecule has 3 aliphatic rings. The number of nitrogens with one attached hydrogen (secondary N) is 1. The first-order chi connectivity index (χ1) is 9.88. The Balaban J connectivity index is 1.65. The molecule has 0 aromatic carbocycles. The molecule has 3 rings (SSSR count). The first-order valence-corrected chi connectivity index (χ1v) is 8.60. The van der Waals surface area contributed by atoms with Gasteiger partial charge in [0, 0.05) is 12.6 Å². The molecule has 2 fully saturated rings. The van der Waals surface area contributed by atoms with Gasteiger partial charge in [0.2, 0.25) is 0 Å². The molecule has 3 heteroatoms. The molecule has 1 N–H and O–H groups in total. The minimum Gasteiger partial charge on any atom is -0.373 e. The zero-order valence-electron chi connectivity index (χ0n) is 12.9. The first-order valence-electron chi connectivity index (χ1n) is 8.60. The number of ether oxygens (including phenoxy) is 1. The molecule has 0 saturated carbocycles. The molecular formula is C17H30N2O. The van der Waals surface area contributed by atoms with Crippen LogP contribution in [0.5, 0.6) is 0 Å². The van der Waals surface area contributed by atoms with Crippen molar-refractivity contribution in [3.8, 4) is 0 Å². The highest BCUT2D eigenvalue weighted by Crippen LogP contribution is 2.28. The monoisotopic (exact) mass is 278 g/mol. The van der Waals surface area contributed by atoms with Crippen molar-refractivity contribution in [1.29, 1.82) is 0 Å². The smallest absolute Gasteiger partial charge is 0.0893 e. The van der Waals surface area contributed by atoms with Crippen molar-refractivity contribution < 1.29 is 4.74 Å². The third kappa shape index (κ3) is 3.26. The van der Waals surface area contributed by atoms with Crippen molar-refractivity contribution in [2.45, 2.75) is 69.6 Å². The van der Waals surface area contributed by atoms with Crippen molar-refractivity contribution >= 4 is 0 Å². The minimum absolute atomic E-state index is 0.347. The molecule has 20 heavy (non-hydrogen) atoms. The average molecular weight is 278 g/mol. The molecule has 3 atom stereocenters. The van der Waals surface area contributed by atoms with Crippen molar-refractivity contribution in [3.63, 3.8) is 0 Å². The van der Waals surface area contributed by atoms with E-state index in [1.54, 1.807) is 5.57 Å². The maximum absolute atomic E-state index is 6.23. The number of rotatable bonds is 3. The first kappa shape index (κ1) is 14.6. The van der Waals surface area contributed by atoms with Crippen LogP contribution in [-0.2, 0) is 4.74 Å². The van der Waals surface area contributed by atoms with Crippen molar-refractivity contribution in [2.75, 3.05) is 26.7 Å². The molecular weight excluding hydrogens is 248 g/mol. The Morgan fingerprint density at radius 3 is 3.05 bits per heavy atom. The van der Waals surface area contributed by atoms with Gasteiger partial charge in [0.1, 0.15) is 0 Å². The van der Waals surface area contributed by atoms with Gasteiger partial charge in [0.15, 0.2) is 0 Å². The fraction of sp³-hybridized carbons (Fsp3) is 0.882. The molecule has 0 radical (unpaired) electrons. The third-order valence-electron chi connectivity index (χ3n) is 5.32. The van der Waals surface area contributed by atoms with Gasteiger partial charge in [-0.25, -0.2) is 0 Å². The van der Waals surface area contributed by atoms with E-state index in [0.29, 0.717) is 18.2 Å². The summed E-state index contributed by atoms with van der Waals surface area (Å²) in [6.45, 7) is 3.34. The zero-order chi connectivity index (χ0) is 13.8. The van der Waals surface area contributed by atoms with E-state index in [4.69, 9.17) is 4.74 Å². The predicted octanol–water partition coefficient (Wildman–Crippen LogP) is 2.72. The van der Waals surface area contributed by atoms with Gasteiger partial charge >= 0.3 is 0 Å². The van der Waals surface area contributed by atoms with Crippen LogP contribution < -0.4 is 5.32 Å². The number of morpholine rings is 1. The molecule has 2 aliphatic heterocycles. The summed E-state index contributed by atoms with van der Waals surface area (Å²) in [6.07, 6.45) is 13.6. The fourth-order valence-corrected chi connectivity index (χ4v) is 4.15. The van der Waals surface area contributed by atoms with Crippen LogP contribution in [-0.4, -0.2) is 49.8 Å². The summed E-state index contributed by atoms with van der Waals surface area (Å²) in [6, 6.07) is 1.13. The van der Waals surface area contributed by atoms with E-state index in [1.807, 2.05) is 0 Å². The van der Waals surface area contributed by atoms with Gasteiger partial charge in [0.25, 0.3) is 0 Å². The van der Waals surface area contributed by atoms with E-state index >= 15 is 0 Å². The Kier molecular flexibility index (Phi) is 5.14. The predicted molar refractivity (Wildman–Crippen MR) is 83.0 cm³/mol. The maximum atomic E-state index is 6.23. The number of allylic oxidation sites excluding steroid dienone is 1. The summed E-state index contributed by atoms with van der Waals surface area (Å²) in [7, 11) is 2.10. The molecule has 2 saturated heterocycles. The Labute approximate surface area is 123 Å². The molecule has 1 aliphatic carbocycles. The number of fused-ring (bicyclic) bond motifs is 1. The van der Waals surface area contributed by atoms with E-state index in [2.05, 4.69) is 23.3 Å². The summed E-state index contributed by atoms with van der Waals surface area (Å²) >= 11 is 0. The minimum atomic E-state index is 0.347. The van der Waals surface area contributed by atoms with Gasteiger partial charge in [0.05, 0.1) is 18.8 Å². The second kappa shape index (κ2) is 7.06. The normalized spacial score (nSPS) is 34.0. The summed E-state index contributed by atoms with van der Waals surface area (Å²) < 4.78 is 6.23. The molecule has 2 heterocycles. The van der Waals surface area contributed by atoms with Crippen molar-refractivity contribution in [2.24, 2.45) is 0 Å². The average Bonchev–Trinajstić information content (AvgIpc) is 2.89. The van der Waals surface area contributed by atoms with Gasteiger partial charge in [-0.1, -0.05) is 24.5 Å². The van der Waals surface area contributed by atoms with Crippen LogP contribution in [0, 0.1) is 0 Å². The van der Waals surface area contributed by atoms with Gasteiger partial charge in [-0.15, -0.1) is 0 Å². The Morgan fingerprint density at radius 1 is 1.25 bits per heavy atom. The summed E-state index contributed by atoms with van der Waals surface area (Å²) in [5.74, 6) is 0. The highest BCUT2D eigenvalue weighted by molar-refractivity contribution is 5.15. The molecule has 0 aromatic rings. The van der Waals surface area contributed by atoms with E-state index < -0.39 is 0 Å². The molecule has 0 spiro atoms. The molecule has 3 nitrogen and oxygen atoms in total. The molecule has 114 valence electrons. The summed E-state index contributed by atoms with van der Waals surface area (Å²) in [5, 5.41) is 3.55. The summed E-state index contributed by atoms with van der Waals surface area (Å²) in [4.78, 5) is 2.65. The van der Waals surface area contributed by atoms with Crippen LogP contribution in [0.25, 0.3) is 0 Å². The zero-order valence-corrected chi connectivity index (χ0v) is 12.9. The van der Waals surface area contributed by atoms with E-state index in [0.717, 1.165) is 13.2 Å². The lowest BCUT2D eigenvalue weighted by Gasteiger charge is -2.39. The molecule has 3 unspecified atom stereocenters. The van der Waals surface area contributed by atoms with E-state index in [1.165, 1.54) is 57.9 Å². The fourth-order valence-electron chi connectivity index (χ4n) is 4.15. The lowest BCUT2D eigenvalue weighted by Crippen LogP contribution is -2.54. The lowest BCUT2D eigenvalue weighted by atomic mass is 9.91. The maximum Gasteiger partial charge on any atom is 0.0893 e. The third-order valence-corrected chi connectivity index (χ3v) is 5.32. The van der Waals surface area contributed by atoms with E-state index in [-0.39, 0.29) is 0 Å². The van der Waals surface area contributed by atoms with E-state index in [9.17, 15) is 0 Å². The number of nitrogens with zero attached hydrogens (tertiary/aromatic N) is 1. The quantitative estimate of drug-likeness (QED) is 0.803. The number of likely N-dealkylation sites (N-methyl/N-ethyl adjacent to an activating group) is 1. The SMILES string of the molecule is CNC(C1=CCCCCCC1)C1CN2CCCC2CO1. The van der Waals surface area contributed by atoms with Crippen LogP contribution in [0.3, 0.4) is 0 Å². The van der Waals surface area contributed by atoms with Crippen LogP contribution in [0.1, 0.15) is 51.4 Å². The highest BCUT2D eigenvalue weighted by Gasteiger charge is 2.36. The van der Waals surface area contributed by atoms with Gasteiger partial charge in [-0.3, -0.25) is 4.90 Å². The highest BCUT2D eigenvalue weighted by atomic mass is 16.5. The molecule has 0 amide bonds. The van der Waals surface area contributed by atoms with Gasteiger partial charge < -0.3 is 10.1 Å². The Morgan fingerprint density at radius 2 is 2.15 bits per heavy atom. The lowest BCUT2D eigenvalue weighted by molar-refractivity contribution is -0.0587. The molecule has 0 bridgehead atoms. The van der Waals surface area contributed by atoms with Gasteiger partial charge in [-0.05, 0) is 52.1 Å². The Bertz CT molecular complexity index is 342. The standard InChI is InChI=1S/C17H30N2O/c1-18-17(14-8-5-3-2-4-6-9-14)16-12-19-11-7-10-15(19)13-20-16/h8,15-18H,2-7,9-13H2,1H3. The summed E-state index contributed by atoms with van der Waals surface area (Å²) in [5.41, 5.74) is 1.61. The Hall–Kier alpha value is -0.380. The van der Waals surface area contributed by atoms with Crippen molar-refractivity contribution in [1.82, 2.24) is 10.2 Å². The van der Waals surface area contributed by atoms with Crippen LogP contribution in [0.15, 0.2) is 11.6 Å². The number of hydrogen-bond donors (Lipinski definition) is 1. The molecule has 0 aromatic heterocycles. The van der Waals surface area contributed by atoms with Crippen LogP contribution in [0.4, 0.5) is 0 Å². The van der Waals surface area contributed by atoms with Crippen LogP contribution >= 0.6 is 0 Å². The van der Waals surface area contributed by atoms with Gasteiger partial charge in [-0.2, -0.15) is 0 Å². The van der Waals surface area contributed by atoms with Crippen molar-refractivity contribution in [3.05, 3.63) is 11.6 Å².